The van der Waals surface area contributed by atoms with Gasteiger partial charge in [0.2, 0.25) is 0 Å². The Morgan fingerprint density at radius 3 is 2.17 bits per heavy atom. The first-order valence-corrected chi connectivity index (χ1v) is 22.1. The maximum Gasteiger partial charge on any atom is 0.258 e. The summed E-state index contributed by atoms with van der Waals surface area (Å²) in [7, 11) is -1.37. The molecule has 7 aromatic rings. The van der Waals surface area contributed by atoms with Crippen molar-refractivity contribution >= 4 is 59.8 Å². The standard InChI is InChI=1S/C24H20N4O2.C20H20N4O3S2/c1-30-22-14-25-11-8-18(22)19-9-12-26-21-15-28(24(29)23(19)21)13-10-17-7-6-16-4-2-3-5-20(16)27-17;25-20-19-15(21-7-5-16(19)23-9-11-29(26,27)12-10-23)13-24(20)8-6-18-22-14-3-1-2-4-17(14)28-18/h2-9,11-12,14H,10,13,15H2,1H3;1-5,7H,6,8-13H2. The van der Waals surface area contributed by atoms with Crippen LogP contribution in [0.3, 0.4) is 0 Å². The molecule has 2 amide bonds. The van der Waals surface area contributed by atoms with Gasteiger partial charge < -0.3 is 19.4 Å². The molecule has 2 aromatic carbocycles. The largest absolute Gasteiger partial charge is 0.494 e. The van der Waals surface area contributed by atoms with Crippen molar-refractivity contribution < 1.29 is 22.7 Å². The van der Waals surface area contributed by atoms with Crippen LogP contribution in [0.15, 0.2) is 104 Å². The molecule has 8 heterocycles. The number of methoxy groups -OCH3 is 1. The molecule has 0 atom stereocenters. The Morgan fingerprint density at radius 2 is 1.39 bits per heavy atom. The van der Waals surface area contributed by atoms with Gasteiger partial charge in [-0.05, 0) is 42.5 Å². The molecule has 0 saturated carbocycles. The number of rotatable bonds is 9. The highest BCUT2D eigenvalue weighted by atomic mass is 32.2. The zero-order chi connectivity index (χ0) is 40.5. The number of anilines is 1. The number of fused-ring (bicyclic) bond motifs is 4. The van der Waals surface area contributed by atoms with E-state index in [9.17, 15) is 18.0 Å². The minimum Gasteiger partial charge on any atom is -0.494 e. The number of pyridine rings is 4. The molecule has 0 bridgehead atoms. The molecule has 0 N–H and O–H groups in total. The molecule has 3 aliphatic heterocycles. The summed E-state index contributed by atoms with van der Waals surface area (Å²) in [4.78, 5) is 54.3. The van der Waals surface area contributed by atoms with Gasteiger partial charge in [0.15, 0.2) is 9.84 Å². The Morgan fingerprint density at radius 1 is 0.712 bits per heavy atom. The van der Waals surface area contributed by atoms with Crippen LogP contribution in [0.5, 0.6) is 5.75 Å². The van der Waals surface area contributed by atoms with E-state index in [4.69, 9.17) is 9.72 Å². The Hall–Kier alpha value is -6.32. The Labute approximate surface area is 345 Å². The fourth-order valence-corrected chi connectivity index (χ4v) is 10.0. The minimum atomic E-state index is -2.97. The number of hydrogen-bond donors (Lipinski definition) is 0. The van der Waals surface area contributed by atoms with Gasteiger partial charge in [0, 0.05) is 79.8 Å². The predicted molar refractivity (Wildman–Crippen MR) is 227 cm³/mol. The molecule has 5 aromatic heterocycles. The van der Waals surface area contributed by atoms with E-state index >= 15 is 0 Å². The van der Waals surface area contributed by atoms with Crippen molar-refractivity contribution in [2.75, 3.05) is 49.7 Å². The minimum absolute atomic E-state index is 0.00671. The van der Waals surface area contributed by atoms with Gasteiger partial charge in [-0.3, -0.25) is 29.5 Å². The highest BCUT2D eigenvalue weighted by molar-refractivity contribution is 7.91. The van der Waals surface area contributed by atoms with Crippen LogP contribution in [-0.2, 0) is 35.8 Å². The lowest BCUT2D eigenvalue weighted by molar-refractivity contribution is 0.0772. The lowest BCUT2D eigenvalue weighted by Gasteiger charge is -2.29. The Kier molecular flexibility index (Phi) is 10.5. The van der Waals surface area contributed by atoms with Crippen molar-refractivity contribution in [3.8, 4) is 16.9 Å². The first kappa shape index (κ1) is 38.2. The lowest BCUT2D eigenvalue weighted by Crippen LogP contribution is -2.41. The highest BCUT2D eigenvalue weighted by Crippen LogP contribution is 2.36. The number of carbonyl (C=O) groups is 2. The fourth-order valence-electron chi connectivity index (χ4n) is 7.85. The van der Waals surface area contributed by atoms with Gasteiger partial charge in [0.25, 0.3) is 11.8 Å². The third-order valence-electron chi connectivity index (χ3n) is 10.9. The van der Waals surface area contributed by atoms with Crippen molar-refractivity contribution in [1.82, 2.24) is 34.7 Å². The van der Waals surface area contributed by atoms with E-state index in [2.05, 4.69) is 32.1 Å². The number of nitrogens with zero attached hydrogens (tertiary/aromatic N) is 8. The van der Waals surface area contributed by atoms with Gasteiger partial charge in [0.05, 0.1) is 86.8 Å². The molecular weight excluding hydrogens is 785 g/mol. The lowest BCUT2D eigenvalue weighted by atomic mass is 10.0. The number of carbonyl (C=O) groups excluding carboxylic acids is 2. The smallest absolute Gasteiger partial charge is 0.258 e. The molecular formula is C44H40N8O5S2. The summed E-state index contributed by atoms with van der Waals surface area (Å²) in [5.41, 5.74) is 8.25. The van der Waals surface area contributed by atoms with Crippen LogP contribution in [-0.4, -0.2) is 99.7 Å². The van der Waals surface area contributed by atoms with Crippen molar-refractivity contribution in [3.05, 3.63) is 137 Å². The number of aromatic nitrogens is 5. The molecule has 10 rings (SSSR count). The number of amides is 2. The molecule has 298 valence electrons. The molecule has 0 spiro atoms. The number of benzene rings is 2. The molecule has 0 radical (unpaired) electrons. The van der Waals surface area contributed by atoms with Gasteiger partial charge in [-0.1, -0.05) is 36.4 Å². The summed E-state index contributed by atoms with van der Waals surface area (Å²) < 4.78 is 30.1. The van der Waals surface area contributed by atoms with Crippen LogP contribution in [0.1, 0.15) is 42.8 Å². The SMILES string of the molecule is COc1cnccc1-c1ccnc2c1C(=O)N(CCc1ccc3ccccc3n1)C2.O=C1c2c(N3CCS(=O)(=O)CC3)ccnc2CN1CCc1nc2ccccc2s1. The van der Waals surface area contributed by atoms with Crippen LogP contribution < -0.4 is 9.64 Å². The normalized spacial score (nSPS) is 15.6. The summed E-state index contributed by atoms with van der Waals surface area (Å²) in [5.74, 6) is 0.849. The van der Waals surface area contributed by atoms with Crippen LogP contribution in [0.4, 0.5) is 5.69 Å². The summed E-state index contributed by atoms with van der Waals surface area (Å²) in [6.07, 6.45) is 8.21. The number of para-hydroxylation sites is 2. The summed E-state index contributed by atoms with van der Waals surface area (Å²) in [5, 5.41) is 2.13. The van der Waals surface area contributed by atoms with E-state index in [1.54, 1.807) is 43.2 Å². The number of ether oxygens (including phenoxy) is 1. The highest BCUT2D eigenvalue weighted by Gasteiger charge is 2.35. The average molecular weight is 825 g/mol. The quantitative estimate of drug-likeness (QED) is 0.168. The van der Waals surface area contributed by atoms with Crippen LogP contribution >= 0.6 is 11.3 Å². The first-order valence-electron chi connectivity index (χ1n) is 19.4. The maximum atomic E-state index is 13.2. The third kappa shape index (κ3) is 7.82. The molecule has 59 heavy (non-hydrogen) atoms. The van der Waals surface area contributed by atoms with E-state index in [0.29, 0.717) is 69.0 Å². The van der Waals surface area contributed by atoms with Crippen molar-refractivity contribution in [3.63, 3.8) is 0 Å². The zero-order valence-electron chi connectivity index (χ0n) is 32.3. The second-order valence-electron chi connectivity index (χ2n) is 14.6. The fraction of sp³-hybridized carbons (Fsp3) is 0.250. The van der Waals surface area contributed by atoms with Crippen LogP contribution in [0.25, 0.3) is 32.2 Å². The molecule has 0 aliphatic carbocycles. The molecule has 0 unspecified atom stereocenters. The van der Waals surface area contributed by atoms with Gasteiger partial charge >= 0.3 is 0 Å². The Balaban J connectivity index is 0.000000152. The summed E-state index contributed by atoms with van der Waals surface area (Å²) >= 11 is 1.66. The third-order valence-corrected chi connectivity index (χ3v) is 13.6. The molecule has 1 fully saturated rings. The van der Waals surface area contributed by atoms with E-state index < -0.39 is 9.84 Å². The van der Waals surface area contributed by atoms with E-state index in [0.717, 1.165) is 60.0 Å². The molecule has 15 heteroatoms. The van der Waals surface area contributed by atoms with Gasteiger partial charge in [0.1, 0.15) is 5.75 Å². The average Bonchev–Trinajstić information content (AvgIpc) is 3.94. The van der Waals surface area contributed by atoms with Crippen molar-refractivity contribution in [2.45, 2.75) is 25.9 Å². The number of hydrogen-bond acceptors (Lipinski definition) is 12. The maximum absolute atomic E-state index is 13.2. The predicted octanol–water partition coefficient (Wildman–Crippen LogP) is 6.02. The molecule has 3 aliphatic rings. The second-order valence-corrected chi connectivity index (χ2v) is 18.0. The summed E-state index contributed by atoms with van der Waals surface area (Å²) in [6.45, 7) is 2.99. The van der Waals surface area contributed by atoms with Gasteiger partial charge in [-0.2, -0.15) is 0 Å². The second kappa shape index (κ2) is 16.1. The van der Waals surface area contributed by atoms with E-state index in [-0.39, 0.29) is 23.3 Å². The van der Waals surface area contributed by atoms with Crippen molar-refractivity contribution in [1.29, 1.82) is 0 Å². The Bertz CT molecular complexity index is 2800. The van der Waals surface area contributed by atoms with Gasteiger partial charge in [-0.25, -0.2) is 13.4 Å². The van der Waals surface area contributed by atoms with E-state index in [1.807, 2.05) is 81.4 Å². The van der Waals surface area contributed by atoms with Crippen molar-refractivity contribution in [2.24, 2.45) is 0 Å². The summed E-state index contributed by atoms with van der Waals surface area (Å²) in [6, 6.07) is 25.8. The number of sulfone groups is 1. The molecule has 1 saturated heterocycles. The molecule has 13 nitrogen and oxygen atoms in total. The number of thiazole rings is 1. The van der Waals surface area contributed by atoms with Gasteiger partial charge in [-0.15, -0.1) is 11.3 Å². The van der Waals surface area contributed by atoms with Crippen LogP contribution in [0.2, 0.25) is 0 Å². The monoisotopic (exact) mass is 824 g/mol. The topological polar surface area (TPSA) is 152 Å². The van der Waals surface area contributed by atoms with E-state index in [1.165, 1.54) is 0 Å². The zero-order valence-corrected chi connectivity index (χ0v) is 34.0. The van der Waals surface area contributed by atoms with Crippen LogP contribution in [0, 0.1) is 0 Å². The first-order chi connectivity index (χ1) is 28.7.